The molecular formula is C10H22N2O3S. The van der Waals surface area contributed by atoms with Crippen LogP contribution >= 0.6 is 0 Å². The van der Waals surface area contributed by atoms with Crippen LogP contribution in [-0.2, 0) is 14.8 Å². The summed E-state index contributed by atoms with van der Waals surface area (Å²) >= 11 is 0. The molecule has 0 saturated carbocycles. The number of hydrogen-bond donors (Lipinski definition) is 2. The molecule has 0 unspecified atom stereocenters. The van der Waals surface area contributed by atoms with Gasteiger partial charge in [-0.25, -0.2) is 13.1 Å². The third-order valence-corrected chi connectivity index (χ3v) is 4.07. The average Bonchev–Trinajstić information content (AvgIpc) is 2.30. The lowest BCUT2D eigenvalue weighted by atomic mass is 10.1. The molecule has 0 aromatic carbocycles. The molecule has 0 spiro atoms. The van der Waals surface area contributed by atoms with Crippen molar-refractivity contribution in [2.75, 3.05) is 32.0 Å². The minimum absolute atomic E-state index is 0.141. The van der Waals surface area contributed by atoms with Gasteiger partial charge in [-0.3, -0.25) is 0 Å². The normalized spacial score (nSPS) is 18.8. The van der Waals surface area contributed by atoms with E-state index in [9.17, 15) is 8.42 Å². The van der Waals surface area contributed by atoms with Gasteiger partial charge in [0.2, 0.25) is 10.0 Å². The van der Waals surface area contributed by atoms with Gasteiger partial charge in [-0.15, -0.1) is 0 Å². The van der Waals surface area contributed by atoms with Crippen LogP contribution in [0.1, 0.15) is 26.2 Å². The van der Waals surface area contributed by atoms with Gasteiger partial charge in [-0.05, 0) is 39.3 Å². The van der Waals surface area contributed by atoms with Crippen LogP contribution in [0.3, 0.4) is 0 Å². The summed E-state index contributed by atoms with van der Waals surface area (Å²) < 4.78 is 30.4. The van der Waals surface area contributed by atoms with Crippen LogP contribution in [0.2, 0.25) is 0 Å². The molecule has 96 valence electrons. The topological polar surface area (TPSA) is 67.4 Å². The quantitative estimate of drug-likeness (QED) is 0.628. The highest BCUT2D eigenvalue weighted by atomic mass is 32.2. The molecule has 1 fully saturated rings. The van der Waals surface area contributed by atoms with Crippen LogP contribution in [0.5, 0.6) is 0 Å². The van der Waals surface area contributed by atoms with E-state index < -0.39 is 10.0 Å². The summed E-state index contributed by atoms with van der Waals surface area (Å²) in [5, 5.41) is 3.27. The molecule has 0 radical (unpaired) electrons. The van der Waals surface area contributed by atoms with E-state index in [4.69, 9.17) is 4.74 Å². The van der Waals surface area contributed by atoms with E-state index in [2.05, 4.69) is 10.0 Å². The number of hydrogen-bond acceptors (Lipinski definition) is 4. The van der Waals surface area contributed by atoms with Gasteiger partial charge < -0.3 is 10.1 Å². The number of rotatable bonds is 7. The zero-order chi connectivity index (χ0) is 11.9. The first kappa shape index (κ1) is 13.9. The maximum atomic E-state index is 11.1. The fourth-order valence-corrected chi connectivity index (χ4v) is 2.27. The molecule has 0 amide bonds. The summed E-state index contributed by atoms with van der Waals surface area (Å²) in [6.07, 6.45) is 3.20. The Morgan fingerprint density at radius 3 is 2.69 bits per heavy atom. The predicted octanol–water partition coefficient (Wildman–Crippen LogP) is 0.0844. The molecule has 0 aliphatic carbocycles. The van der Waals surface area contributed by atoms with Gasteiger partial charge in [0.05, 0.1) is 11.9 Å². The van der Waals surface area contributed by atoms with Gasteiger partial charge in [-0.1, -0.05) is 0 Å². The minimum atomic E-state index is -3.04. The second-order valence-corrected chi connectivity index (χ2v) is 6.07. The van der Waals surface area contributed by atoms with E-state index in [1.807, 2.05) is 0 Å². The van der Waals surface area contributed by atoms with E-state index in [0.29, 0.717) is 19.3 Å². The molecule has 1 aliphatic heterocycles. The van der Waals surface area contributed by atoms with Crippen molar-refractivity contribution in [1.29, 1.82) is 0 Å². The Hall–Kier alpha value is -0.170. The van der Waals surface area contributed by atoms with Crippen LogP contribution in [0.25, 0.3) is 0 Å². The van der Waals surface area contributed by atoms with Crippen molar-refractivity contribution >= 4 is 10.0 Å². The predicted molar refractivity (Wildman–Crippen MR) is 63.9 cm³/mol. The van der Waals surface area contributed by atoms with Crippen molar-refractivity contribution < 1.29 is 13.2 Å². The van der Waals surface area contributed by atoms with Crippen molar-refractivity contribution in [1.82, 2.24) is 10.0 Å². The van der Waals surface area contributed by atoms with Crippen LogP contribution in [-0.4, -0.2) is 46.5 Å². The van der Waals surface area contributed by atoms with E-state index in [1.54, 1.807) is 6.92 Å². The molecule has 1 aliphatic rings. The number of sulfonamides is 1. The third-order valence-electron chi connectivity index (χ3n) is 2.66. The van der Waals surface area contributed by atoms with Crippen LogP contribution in [0.4, 0.5) is 0 Å². The zero-order valence-corrected chi connectivity index (χ0v) is 10.7. The molecule has 1 saturated heterocycles. The molecule has 5 nitrogen and oxygen atoms in total. The Kier molecular flexibility index (Phi) is 6.26. The second-order valence-electron chi connectivity index (χ2n) is 3.97. The lowest BCUT2D eigenvalue weighted by Crippen LogP contribution is -2.33. The van der Waals surface area contributed by atoms with E-state index in [-0.39, 0.29) is 5.75 Å². The molecule has 0 aromatic heterocycles. The van der Waals surface area contributed by atoms with Crippen molar-refractivity contribution in [2.45, 2.75) is 32.3 Å². The van der Waals surface area contributed by atoms with E-state index in [1.165, 1.54) is 0 Å². The first-order valence-electron chi connectivity index (χ1n) is 5.93. The Balaban J connectivity index is 1.99. The van der Waals surface area contributed by atoms with Gasteiger partial charge in [0.25, 0.3) is 0 Å². The first-order chi connectivity index (χ1) is 7.64. The number of ether oxygens (including phenoxy) is 1. The number of piperidine rings is 1. The fraction of sp³-hybridized carbons (Fsp3) is 1.00. The SMILES string of the molecule is CCS(=O)(=O)NCCCOC1CCNCC1. The molecule has 0 aromatic rings. The second kappa shape index (κ2) is 7.21. The molecule has 16 heavy (non-hydrogen) atoms. The summed E-state index contributed by atoms with van der Waals surface area (Å²) in [6, 6.07) is 0. The van der Waals surface area contributed by atoms with Crippen LogP contribution < -0.4 is 10.0 Å². The van der Waals surface area contributed by atoms with Crippen LogP contribution in [0.15, 0.2) is 0 Å². The lowest BCUT2D eigenvalue weighted by Gasteiger charge is -2.22. The first-order valence-corrected chi connectivity index (χ1v) is 7.59. The monoisotopic (exact) mass is 250 g/mol. The molecule has 0 bridgehead atoms. The smallest absolute Gasteiger partial charge is 0.211 e. The average molecular weight is 250 g/mol. The molecular weight excluding hydrogens is 228 g/mol. The third kappa shape index (κ3) is 5.79. The van der Waals surface area contributed by atoms with E-state index >= 15 is 0 Å². The van der Waals surface area contributed by atoms with Crippen molar-refractivity contribution in [3.8, 4) is 0 Å². The van der Waals surface area contributed by atoms with E-state index in [0.717, 1.165) is 32.4 Å². The van der Waals surface area contributed by atoms with Crippen molar-refractivity contribution in [3.05, 3.63) is 0 Å². The minimum Gasteiger partial charge on any atom is -0.378 e. The van der Waals surface area contributed by atoms with Crippen LogP contribution in [0, 0.1) is 0 Å². The summed E-state index contributed by atoms with van der Waals surface area (Å²) in [5.41, 5.74) is 0. The zero-order valence-electron chi connectivity index (χ0n) is 9.87. The standard InChI is InChI=1S/C10H22N2O3S/c1-2-16(13,14)12-6-3-9-15-10-4-7-11-8-5-10/h10-12H,2-9H2,1H3. The van der Waals surface area contributed by atoms with Gasteiger partial charge in [-0.2, -0.15) is 0 Å². The highest BCUT2D eigenvalue weighted by Crippen LogP contribution is 2.07. The summed E-state index contributed by atoms with van der Waals surface area (Å²) in [5.74, 6) is 0.141. The molecule has 2 N–H and O–H groups in total. The largest absolute Gasteiger partial charge is 0.378 e. The summed E-state index contributed by atoms with van der Waals surface area (Å²) in [7, 11) is -3.04. The highest BCUT2D eigenvalue weighted by Gasteiger charge is 2.12. The Bertz CT molecular complexity index is 274. The summed E-state index contributed by atoms with van der Waals surface area (Å²) in [4.78, 5) is 0. The van der Waals surface area contributed by atoms with Gasteiger partial charge in [0.1, 0.15) is 0 Å². The number of nitrogens with one attached hydrogen (secondary N) is 2. The maximum absolute atomic E-state index is 11.1. The Morgan fingerprint density at radius 2 is 2.06 bits per heavy atom. The highest BCUT2D eigenvalue weighted by molar-refractivity contribution is 7.89. The van der Waals surface area contributed by atoms with Crippen molar-refractivity contribution in [3.63, 3.8) is 0 Å². The van der Waals surface area contributed by atoms with Gasteiger partial charge in [0.15, 0.2) is 0 Å². The Morgan fingerprint density at radius 1 is 1.38 bits per heavy atom. The lowest BCUT2D eigenvalue weighted by molar-refractivity contribution is 0.0322. The molecule has 0 atom stereocenters. The van der Waals surface area contributed by atoms with Crippen molar-refractivity contribution in [2.24, 2.45) is 0 Å². The van der Waals surface area contributed by atoms with Gasteiger partial charge >= 0.3 is 0 Å². The van der Waals surface area contributed by atoms with Gasteiger partial charge in [0, 0.05) is 13.2 Å². The Labute approximate surface area is 98.0 Å². The summed E-state index contributed by atoms with van der Waals surface area (Å²) in [6.45, 7) is 4.78. The fourth-order valence-electron chi connectivity index (χ4n) is 1.61. The molecule has 1 heterocycles. The molecule has 1 rings (SSSR count). The molecule has 6 heteroatoms. The maximum Gasteiger partial charge on any atom is 0.211 e.